The van der Waals surface area contributed by atoms with E-state index in [-0.39, 0.29) is 0 Å². The van der Waals surface area contributed by atoms with E-state index in [1.807, 2.05) is 43.3 Å². The number of rotatable bonds is 7. The predicted octanol–water partition coefficient (Wildman–Crippen LogP) is 4.69. The summed E-state index contributed by atoms with van der Waals surface area (Å²) in [7, 11) is 0. The molecule has 0 aliphatic carbocycles. The number of primary amides is 1. The van der Waals surface area contributed by atoms with Crippen LogP contribution in [0, 0.1) is 0 Å². The van der Waals surface area contributed by atoms with E-state index in [1.165, 1.54) is 6.08 Å². The Balaban J connectivity index is 2.23. The Morgan fingerprint density at radius 2 is 1.88 bits per heavy atom. The zero-order valence-electron chi connectivity index (χ0n) is 13.1. The Labute approximate surface area is 157 Å². The van der Waals surface area contributed by atoms with Gasteiger partial charge in [0.25, 0.3) is 0 Å². The summed E-state index contributed by atoms with van der Waals surface area (Å²) in [4.78, 5) is 10.9. The maximum Gasteiger partial charge on any atom is 0.241 e. The number of amides is 1. The van der Waals surface area contributed by atoms with E-state index in [1.54, 1.807) is 6.08 Å². The first kappa shape index (κ1) is 18.5. The highest BCUT2D eigenvalue weighted by molar-refractivity contribution is 9.10. The molecule has 6 heteroatoms. The summed E-state index contributed by atoms with van der Waals surface area (Å²) >= 11 is 6.91. The van der Waals surface area contributed by atoms with Crippen LogP contribution in [0.3, 0.4) is 0 Å². The zero-order valence-corrected chi connectivity index (χ0v) is 16.3. The Bertz CT molecular complexity index is 743. The summed E-state index contributed by atoms with van der Waals surface area (Å²) in [5, 5.41) is 0. The lowest BCUT2D eigenvalue weighted by Crippen LogP contribution is -2.05. The van der Waals surface area contributed by atoms with E-state index < -0.39 is 5.91 Å². The van der Waals surface area contributed by atoms with E-state index in [0.29, 0.717) is 24.7 Å². The van der Waals surface area contributed by atoms with E-state index in [2.05, 4.69) is 31.9 Å². The molecule has 0 saturated heterocycles. The number of hydrogen-bond acceptors (Lipinski definition) is 3. The van der Waals surface area contributed by atoms with Crippen LogP contribution in [0.25, 0.3) is 6.08 Å². The normalized spacial score (nSPS) is 10.8. The highest BCUT2D eigenvalue weighted by Crippen LogP contribution is 2.37. The molecule has 0 heterocycles. The van der Waals surface area contributed by atoms with Gasteiger partial charge in [0.15, 0.2) is 11.5 Å². The van der Waals surface area contributed by atoms with Gasteiger partial charge in [-0.1, -0.05) is 28.1 Å². The van der Waals surface area contributed by atoms with Crippen LogP contribution in [0.5, 0.6) is 11.5 Å². The smallest absolute Gasteiger partial charge is 0.241 e. The highest BCUT2D eigenvalue weighted by atomic mass is 79.9. The number of hydrogen-bond donors (Lipinski definition) is 1. The topological polar surface area (TPSA) is 61.5 Å². The molecule has 2 aromatic rings. The minimum Gasteiger partial charge on any atom is -0.490 e. The van der Waals surface area contributed by atoms with Gasteiger partial charge in [-0.15, -0.1) is 0 Å². The number of ether oxygens (including phenoxy) is 2. The first-order chi connectivity index (χ1) is 11.5. The molecule has 0 aliphatic heterocycles. The fourth-order valence-electron chi connectivity index (χ4n) is 2.00. The van der Waals surface area contributed by atoms with Crippen LogP contribution in [0.4, 0.5) is 0 Å². The molecule has 24 heavy (non-hydrogen) atoms. The molecular weight excluding hydrogens is 438 g/mol. The van der Waals surface area contributed by atoms with Gasteiger partial charge in [-0.05, 0) is 64.3 Å². The van der Waals surface area contributed by atoms with Crippen LogP contribution in [-0.4, -0.2) is 12.5 Å². The summed E-state index contributed by atoms with van der Waals surface area (Å²) < 4.78 is 13.4. The van der Waals surface area contributed by atoms with Crippen molar-refractivity contribution >= 4 is 43.8 Å². The minimum absolute atomic E-state index is 0.419. The van der Waals surface area contributed by atoms with Gasteiger partial charge in [0.1, 0.15) is 6.61 Å². The number of carbonyl (C=O) groups is 1. The predicted molar refractivity (Wildman–Crippen MR) is 102 cm³/mol. The summed E-state index contributed by atoms with van der Waals surface area (Å²) in [6.07, 6.45) is 2.94. The van der Waals surface area contributed by atoms with Crippen molar-refractivity contribution in [3.63, 3.8) is 0 Å². The van der Waals surface area contributed by atoms with Gasteiger partial charge < -0.3 is 15.2 Å². The summed E-state index contributed by atoms with van der Waals surface area (Å²) in [6, 6.07) is 11.6. The first-order valence-corrected chi connectivity index (χ1v) is 8.89. The van der Waals surface area contributed by atoms with Crippen molar-refractivity contribution < 1.29 is 14.3 Å². The molecule has 0 saturated carbocycles. The fraction of sp³-hybridized carbons (Fsp3) is 0.167. The third kappa shape index (κ3) is 5.39. The number of benzene rings is 2. The third-order valence-electron chi connectivity index (χ3n) is 3.07. The van der Waals surface area contributed by atoms with Gasteiger partial charge in [-0.25, -0.2) is 0 Å². The molecule has 2 N–H and O–H groups in total. The monoisotopic (exact) mass is 453 g/mol. The second kappa shape index (κ2) is 8.89. The van der Waals surface area contributed by atoms with Gasteiger partial charge in [-0.2, -0.15) is 0 Å². The number of carbonyl (C=O) groups excluding carboxylic acids is 1. The van der Waals surface area contributed by atoms with Gasteiger partial charge in [-0.3, -0.25) is 4.79 Å². The van der Waals surface area contributed by atoms with E-state index in [4.69, 9.17) is 15.2 Å². The van der Waals surface area contributed by atoms with Crippen LogP contribution in [0.1, 0.15) is 18.1 Å². The Kier molecular flexibility index (Phi) is 6.87. The van der Waals surface area contributed by atoms with Crippen molar-refractivity contribution in [2.45, 2.75) is 13.5 Å². The van der Waals surface area contributed by atoms with Gasteiger partial charge >= 0.3 is 0 Å². The quantitative estimate of drug-likeness (QED) is 0.617. The zero-order chi connectivity index (χ0) is 17.5. The summed E-state index contributed by atoms with van der Waals surface area (Å²) in [6.45, 7) is 2.82. The molecular formula is C18H17Br2NO3. The molecule has 1 amide bonds. The van der Waals surface area contributed by atoms with Crippen molar-refractivity contribution in [1.82, 2.24) is 0 Å². The average molecular weight is 455 g/mol. The molecule has 0 radical (unpaired) electrons. The van der Waals surface area contributed by atoms with Crippen molar-refractivity contribution in [3.05, 3.63) is 62.5 Å². The average Bonchev–Trinajstić information content (AvgIpc) is 2.54. The molecule has 0 atom stereocenters. The highest BCUT2D eigenvalue weighted by Gasteiger charge is 2.12. The molecule has 2 rings (SSSR count). The Morgan fingerprint density at radius 1 is 1.17 bits per heavy atom. The molecule has 0 aromatic heterocycles. The molecule has 2 aromatic carbocycles. The van der Waals surface area contributed by atoms with E-state index in [0.717, 1.165) is 20.1 Å². The first-order valence-electron chi connectivity index (χ1n) is 7.30. The molecule has 0 spiro atoms. The third-order valence-corrected chi connectivity index (χ3v) is 4.19. The summed E-state index contributed by atoms with van der Waals surface area (Å²) in [5.74, 6) is 0.726. The second-order valence-corrected chi connectivity index (χ2v) is 6.68. The maximum atomic E-state index is 10.9. The Morgan fingerprint density at radius 3 is 2.50 bits per heavy atom. The van der Waals surface area contributed by atoms with Crippen LogP contribution in [0.2, 0.25) is 0 Å². The number of nitrogens with two attached hydrogens (primary N) is 1. The van der Waals surface area contributed by atoms with Gasteiger partial charge in [0.2, 0.25) is 5.91 Å². The maximum absolute atomic E-state index is 10.9. The van der Waals surface area contributed by atoms with E-state index in [9.17, 15) is 4.79 Å². The molecule has 126 valence electrons. The van der Waals surface area contributed by atoms with Crippen LogP contribution < -0.4 is 15.2 Å². The standard InChI is InChI=1S/C18H17Br2NO3/c1-2-23-16-10-13(5-8-17(21)22)9-15(20)18(16)24-11-12-3-6-14(19)7-4-12/h3-10H,2,11H2,1H3,(H2,21,22). The lowest BCUT2D eigenvalue weighted by molar-refractivity contribution is -0.113. The molecule has 0 fully saturated rings. The lowest BCUT2D eigenvalue weighted by Gasteiger charge is -2.15. The van der Waals surface area contributed by atoms with Crippen molar-refractivity contribution in [1.29, 1.82) is 0 Å². The van der Waals surface area contributed by atoms with Crippen LogP contribution >= 0.6 is 31.9 Å². The fourth-order valence-corrected chi connectivity index (χ4v) is 2.84. The van der Waals surface area contributed by atoms with Gasteiger partial charge in [0.05, 0.1) is 11.1 Å². The van der Waals surface area contributed by atoms with Crippen LogP contribution in [0.15, 0.2) is 51.4 Å². The van der Waals surface area contributed by atoms with Crippen molar-refractivity contribution in [3.8, 4) is 11.5 Å². The van der Waals surface area contributed by atoms with Crippen LogP contribution in [-0.2, 0) is 11.4 Å². The molecule has 0 aliphatic rings. The lowest BCUT2D eigenvalue weighted by atomic mass is 10.2. The summed E-state index contributed by atoms with van der Waals surface area (Å²) in [5.41, 5.74) is 6.97. The Hall–Kier alpha value is -1.79. The minimum atomic E-state index is -0.500. The second-order valence-electron chi connectivity index (χ2n) is 4.91. The number of halogens is 2. The van der Waals surface area contributed by atoms with Crippen molar-refractivity contribution in [2.24, 2.45) is 5.73 Å². The van der Waals surface area contributed by atoms with Crippen molar-refractivity contribution in [2.75, 3.05) is 6.61 Å². The SMILES string of the molecule is CCOc1cc(C=CC(N)=O)cc(Br)c1OCc1ccc(Br)cc1. The molecule has 4 nitrogen and oxygen atoms in total. The van der Waals surface area contributed by atoms with E-state index >= 15 is 0 Å². The molecule has 0 unspecified atom stereocenters. The van der Waals surface area contributed by atoms with Gasteiger partial charge in [0, 0.05) is 10.5 Å². The largest absolute Gasteiger partial charge is 0.490 e. The molecule has 0 bridgehead atoms.